The van der Waals surface area contributed by atoms with E-state index in [0.29, 0.717) is 0 Å². The minimum atomic E-state index is -0.526. The average molecular weight is 250 g/mol. The number of carbonyl (C=O) groups excluding carboxylic acids is 3. The lowest BCUT2D eigenvalue weighted by atomic mass is 10.1. The van der Waals surface area contributed by atoms with Crippen molar-refractivity contribution in [1.29, 1.82) is 0 Å². The van der Waals surface area contributed by atoms with Gasteiger partial charge in [-0.2, -0.15) is 0 Å². The van der Waals surface area contributed by atoms with Gasteiger partial charge in [-0.15, -0.1) is 0 Å². The number of hydrazine groups is 1. The molecular weight excluding hydrogens is 236 g/mol. The third kappa shape index (κ3) is 3.58. The van der Waals surface area contributed by atoms with Crippen molar-refractivity contribution in [1.82, 2.24) is 10.9 Å². The Morgan fingerprint density at radius 2 is 1.83 bits per heavy atom. The molecule has 1 aromatic carbocycles. The van der Waals surface area contributed by atoms with Gasteiger partial charge < -0.3 is 4.74 Å². The molecule has 6 nitrogen and oxygen atoms in total. The zero-order chi connectivity index (χ0) is 13.5. The highest BCUT2D eigenvalue weighted by molar-refractivity contribution is 5.98. The fourth-order valence-electron chi connectivity index (χ4n) is 1.19. The molecule has 0 radical (unpaired) electrons. The fourth-order valence-corrected chi connectivity index (χ4v) is 1.19. The summed E-state index contributed by atoms with van der Waals surface area (Å²) < 4.78 is 4.55. The largest absolute Gasteiger partial charge is 0.465 e. The molecule has 0 atom stereocenters. The van der Waals surface area contributed by atoms with Crippen LogP contribution >= 0.6 is 0 Å². The van der Waals surface area contributed by atoms with E-state index in [1.54, 1.807) is 13.0 Å². The van der Waals surface area contributed by atoms with E-state index in [4.69, 9.17) is 0 Å². The Kier molecular flexibility index (Phi) is 4.86. The quantitative estimate of drug-likeness (QED) is 0.609. The van der Waals surface area contributed by atoms with Crippen LogP contribution in [0.25, 0.3) is 0 Å². The number of rotatable bonds is 3. The summed E-state index contributed by atoms with van der Waals surface area (Å²) in [6, 6.07) is 6.01. The predicted molar refractivity (Wildman–Crippen MR) is 63.7 cm³/mol. The molecule has 96 valence electrons. The first-order chi connectivity index (χ1) is 8.58. The molecule has 0 fully saturated rings. The van der Waals surface area contributed by atoms with Gasteiger partial charge in [0.2, 0.25) is 5.91 Å². The number of hydrogen-bond donors (Lipinski definition) is 2. The zero-order valence-electron chi connectivity index (χ0n) is 10.1. The van der Waals surface area contributed by atoms with E-state index in [1.807, 2.05) is 0 Å². The Labute approximate surface area is 104 Å². The van der Waals surface area contributed by atoms with Crippen LogP contribution in [0.2, 0.25) is 0 Å². The second kappa shape index (κ2) is 6.39. The summed E-state index contributed by atoms with van der Waals surface area (Å²) >= 11 is 0. The van der Waals surface area contributed by atoms with Crippen LogP contribution in [0.4, 0.5) is 0 Å². The monoisotopic (exact) mass is 250 g/mol. The molecular formula is C12H14N2O4. The second-order valence-corrected chi connectivity index (χ2v) is 3.43. The van der Waals surface area contributed by atoms with Crippen molar-refractivity contribution in [2.24, 2.45) is 0 Å². The summed E-state index contributed by atoms with van der Waals surface area (Å²) in [4.78, 5) is 33.9. The van der Waals surface area contributed by atoms with Crippen LogP contribution in [0.5, 0.6) is 0 Å². The molecule has 1 aromatic rings. The molecule has 6 heteroatoms. The predicted octanol–water partition coefficient (Wildman–Crippen LogP) is 0.644. The molecule has 0 bridgehead atoms. The van der Waals surface area contributed by atoms with Crippen LogP contribution in [-0.4, -0.2) is 24.9 Å². The molecule has 0 saturated carbocycles. The minimum Gasteiger partial charge on any atom is -0.465 e. The maximum absolute atomic E-state index is 11.7. The Morgan fingerprint density at radius 3 is 2.44 bits per heavy atom. The van der Waals surface area contributed by atoms with Gasteiger partial charge in [0, 0.05) is 12.0 Å². The fraction of sp³-hybridized carbons (Fsp3) is 0.250. The van der Waals surface area contributed by atoms with Crippen LogP contribution in [0.15, 0.2) is 24.3 Å². The van der Waals surface area contributed by atoms with Crippen molar-refractivity contribution in [3.8, 4) is 0 Å². The van der Waals surface area contributed by atoms with Gasteiger partial charge in [0.25, 0.3) is 5.91 Å². The van der Waals surface area contributed by atoms with E-state index >= 15 is 0 Å². The number of methoxy groups -OCH3 is 1. The number of esters is 1. The van der Waals surface area contributed by atoms with Gasteiger partial charge in [0.05, 0.1) is 12.7 Å². The molecule has 2 N–H and O–H groups in total. The highest BCUT2D eigenvalue weighted by Crippen LogP contribution is 2.06. The summed E-state index contributed by atoms with van der Waals surface area (Å²) in [6.45, 7) is 1.67. The number of carbonyl (C=O) groups is 3. The van der Waals surface area contributed by atoms with Gasteiger partial charge in [-0.25, -0.2) is 4.79 Å². The summed E-state index contributed by atoms with van der Waals surface area (Å²) in [5.74, 6) is -1.32. The first-order valence-corrected chi connectivity index (χ1v) is 5.36. The lowest BCUT2D eigenvalue weighted by Gasteiger charge is -2.07. The topological polar surface area (TPSA) is 84.5 Å². The zero-order valence-corrected chi connectivity index (χ0v) is 10.1. The number of amides is 2. The summed E-state index contributed by atoms with van der Waals surface area (Å²) in [7, 11) is 1.26. The van der Waals surface area contributed by atoms with Crippen molar-refractivity contribution in [2.45, 2.75) is 13.3 Å². The Morgan fingerprint density at radius 1 is 1.17 bits per heavy atom. The van der Waals surface area contributed by atoms with E-state index in [2.05, 4.69) is 15.6 Å². The Bertz CT molecular complexity index is 471. The molecule has 0 aliphatic rings. The number of benzene rings is 1. The third-order valence-electron chi connectivity index (χ3n) is 2.18. The van der Waals surface area contributed by atoms with Crippen molar-refractivity contribution in [2.75, 3.05) is 7.11 Å². The molecule has 0 aliphatic heterocycles. The lowest BCUT2D eigenvalue weighted by molar-refractivity contribution is -0.121. The smallest absolute Gasteiger partial charge is 0.337 e. The summed E-state index contributed by atoms with van der Waals surface area (Å²) in [5, 5.41) is 0. The lowest BCUT2D eigenvalue weighted by Crippen LogP contribution is -2.41. The molecule has 1 rings (SSSR count). The second-order valence-electron chi connectivity index (χ2n) is 3.43. The molecule has 0 spiro atoms. The maximum Gasteiger partial charge on any atom is 0.337 e. The van der Waals surface area contributed by atoms with Crippen molar-refractivity contribution in [3.05, 3.63) is 35.4 Å². The highest BCUT2D eigenvalue weighted by Gasteiger charge is 2.10. The van der Waals surface area contributed by atoms with Crippen molar-refractivity contribution in [3.63, 3.8) is 0 Å². The van der Waals surface area contributed by atoms with Crippen LogP contribution in [0.1, 0.15) is 34.1 Å². The average Bonchev–Trinajstić information content (AvgIpc) is 2.43. The number of hydrogen-bond acceptors (Lipinski definition) is 4. The highest BCUT2D eigenvalue weighted by atomic mass is 16.5. The van der Waals surface area contributed by atoms with Gasteiger partial charge in [0.15, 0.2) is 0 Å². The van der Waals surface area contributed by atoms with Gasteiger partial charge in [0.1, 0.15) is 0 Å². The molecule has 0 saturated heterocycles. The summed E-state index contributed by atoms with van der Waals surface area (Å²) in [5.41, 5.74) is 5.01. The first-order valence-electron chi connectivity index (χ1n) is 5.36. The molecule has 18 heavy (non-hydrogen) atoms. The van der Waals surface area contributed by atoms with Gasteiger partial charge in [-0.3, -0.25) is 20.4 Å². The number of ether oxygens (including phenoxy) is 1. The van der Waals surface area contributed by atoms with Crippen LogP contribution in [0, 0.1) is 0 Å². The van der Waals surface area contributed by atoms with E-state index in [1.165, 1.54) is 25.3 Å². The van der Waals surface area contributed by atoms with Crippen LogP contribution in [0.3, 0.4) is 0 Å². The Balaban J connectivity index is 2.74. The van der Waals surface area contributed by atoms with E-state index < -0.39 is 11.9 Å². The van der Waals surface area contributed by atoms with Gasteiger partial charge in [-0.1, -0.05) is 13.0 Å². The number of nitrogens with one attached hydrogen (secondary N) is 2. The first kappa shape index (κ1) is 13.7. The van der Waals surface area contributed by atoms with Crippen molar-refractivity contribution >= 4 is 17.8 Å². The third-order valence-corrected chi connectivity index (χ3v) is 2.18. The van der Waals surface area contributed by atoms with Crippen molar-refractivity contribution < 1.29 is 19.1 Å². The maximum atomic E-state index is 11.7. The normalized spacial score (nSPS) is 9.44. The van der Waals surface area contributed by atoms with Gasteiger partial charge >= 0.3 is 5.97 Å². The standard InChI is InChI=1S/C12H14N2O4/c1-3-10(15)13-14-11(16)8-5-4-6-9(7-8)12(17)18-2/h4-7H,3H2,1-2H3,(H,13,15)(H,14,16). The van der Waals surface area contributed by atoms with E-state index in [9.17, 15) is 14.4 Å². The molecule has 0 aliphatic carbocycles. The van der Waals surface area contributed by atoms with E-state index in [0.717, 1.165) is 0 Å². The van der Waals surface area contributed by atoms with Gasteiger partial charge in [-0.05, 0) is 18.2 Å². The minimum absolute atomic E-state index is 0.259. The van der Waals surface area contributed by atoms with Crippen LogP contribution < -0.4 is 10.9 Å². The molecule has 2 amide bonds. The Hall–Kier alpha value is -2.37. The SMILES string of the molecule is CCC(=O)NNC(=O)c1cccc(C(=O)OC)c1. The van der Waals surface area contributed by atoms with E-state index in [-0.39, 0.29) is 23.5 Å². The van der Waals surface area contributed by atoms with Crippen LogP contribution in [-0.2, 0) is 9.53 Å². The molecule has 0 unspecified atom stereocenters. The molecule has 0 aromatic heterocycles. The molecule has 0 heterocycles. The summed E-state index contributed by atoms with van der Waals surface area (Å²) in [6.07, 6.45) is 0.266.